The molecule has 0 radical (unpaired) electrons. The Kier molecular flexibility index (Phi) is 5.16. The van der Waals surface area contributed by atoms with E-state index in [0.29, 0.717) is 35.7 Å². The zero-order valence-corrected chi connectivity index (χ0v) is 16.3. The van der Waals surface area contributed by atoms with Crippen molar-refractivity contribution in [1.82, 2.24) is 20.3 Å². The van der Waals surface area contributed by atoms with Crippen LogP contribution in [0.25, 0.3) is 11.3 Å². The maximum absolute atomic E-state index is 12.8. The topological polar surface area (TPSA) is 101 Å². The molecule has 1 aliphatic rings. The monoisotopic (exact) mass is 394 g/mol. The number of hydrogen-bond donors (Lipinski definition) is 1. The highest BCUT2D eigenvalue weighted by atomic mass is 16.5. The number of carbonyl (C=O) groups is 1. The number of methoxy groups -OCH3 is 1. The number of likely N-dealkylation sites (tertiary alicyclic amines) is 1. The molecule has 0 atom stereocenters. The Morgan fingerprint density at radius 3 is 2.72 bits per heavy atom. The van der Waals surface area contributed by atoms with Crippen molar-refractivity contribution in [2.45, 2.75) is 25.7 Å². The second kappa shape index (κ2) is 7.90. The van der Waals surface area contributed by atoms with Crippen molar-refractivity contribution in [2.24, 2.45) is 0 Å². The van der Waals surface area contributed by atoms with Crippen LogP contribution in [-0.2, 0) is 0 Å². The van der Waals surface area contributed by atoms with Crippen LogP contribution < -0.4 is 10.3 Å². The Morgan fingerprint density at radius 2 is 2.03 bits per heavy atom. The summed E-state index contributed by atoms with van der Waals surface area (Å²) in [7, 11) is 1.58. The first-order chi connectivity index (χ1) is 14.0. The fraction of sp³-hybridized carbons (Fsp3) is 0.333. The number of nitrogens with zero attached hydrogens (tertiary/aromatic N) is 3. The summed E-state index contributed by atoms with van der Waals surface area (Å²) in [6.07, 6.45) is 1.49. The second-order valence-electron chi connectivity index (χ2n) is 7.16. The van der Waals surface area contributed by atoms with Crippen molar-refractivity contribution in [1.29, 1.82) is 0 Å². The van der Waals surface area contributed by atoms with Gasteiger partial charge in [0, 0.05) is 42.3 Å². The fourth-order valence-corrected chi connectivity index (χ4v) is 3.71. The minimum absolute atomic E-state index is 0.0112. The molecule has 0 aliphatic carbocycles. The molecule has 0 unspecified atom stereocenters. The number of carbonyl (C=O) groups excluding carboxylic acids is 1. The van der Waals surface area contributed by atoms with Gasteiger partial charge in [0.2, 0.25) is 0 Å². The molecule has 0 spiro atoms. The number of aromatic amines is 1. The van der Waals surface area contributed by atoms with Crippen LogP contribution in [0.4, 0.5) is 0 Å². The molecule has 0 saturated carbocycles. The van der Waals surface area contributed by atoms with E-state index in [1.807, 2.05) is 24.0 Å². The van der Waals surface area contributed by atoms with Crippen LogP contribution >= 0.6 is 0 Å². The van der Waals surface area contributed by atoms with Crippen LogP contribution in [0.5, 0.6) is 5.75 Å². The van der Waals surface area contributed by atoms with Gasteiger partial charge in [-0.05, 0) is 38.0 Å². The van der Waals surface area contributed by atoms with Crippen molar-refractivity contribution < 1.29 is 14.1 Å². The van der Waals surface area contributed by atoms with E-state index >= 15 is 0 Å². The van der Waals surface area contributed by atoms with Crippen molar-refractivity contribution in [3.8, 4) is 17.1 Å². The average molecular weight is 394 g/mol. The molecular formula is C21H22N4O4. The quantitative estimate of drug-likeness (QED) is 0.730. The first-order valence-corrected chi connectivity index (χ1v) is 9.52. The van der Waals surface area contributed by atoms with Crippen LogP contribution in [0.2, 0.25) is 0 Å². The molecule has 1 amide bonds. The summed E-state index contributed by atoms with van der Waals surface area (Å²) in [6, 6.07) is 10.5. The number of aromatic nitrogens is 3. The number of nitrogens with one attached hydrogen (secondary N) is 1. The molecule has 1 aliphatic heterocycles. The predicted molar refractivity (Wildman–Crippen MR) is 106 cm³/mol. The van der Waals surface area contributed by atoms with Crippen molar-refractivity contribution in [3.63, 3.8) is 0 Å². The maximum Gasteiger partial charge on any atom is 0.264 e. The molecule has 0 bridgehead atoms. The van der Waals surface area contributed by atoms with Gasteiger partial charge in [-0.3, -0.25) is 9.59 Å². The van der Waals surface area contributed by atoms with E-state index in [9.17, 15) is 9.59 Å². The predicted octanol–water partition coefficient (Wildman–Crippen LogP) is 2.76. The Bertz CT molecular complexity index is 1080. The lowest BCUT2D eigenvalue weighted by atomic mass is 9.90. The summed E-state index contributed by atoms with van der Waals surface area (Å²) in [5.74, 6) is 1.30. The normalized spacial score (nSPS) is 14.8. The number of hydrogen-bond acceptors (Lipinski definition) is 6. The van der Waals surface area contributed by atoms with Gasteiger partial charge in [0.05, 0.1) is 18.5 Å². The SMILES string of the molecule is COc1cccc(C(=O)N2CCC(c3n[nH]c(=O)cc3-c3cc(C)no3)CC2)c1. The third-order valence-electron chi connectivity index (χ3n) is 5.22. The van der Waals surface area contributed by atoms with Gasteiger partial charge >= 0.3 is 0 Å². The molecule has 3 aromatic rings. The maximum atomic E-state index is 12.8. The standard InChI is InChI=1S/C21H22N4O4/c1-13-10-18(29-24-13)17-12-19(26)22-23-20(17)14-6-8-25(9-7-14)21(27)15-4-3-5-16(11-15)28-2/h3-5,10-12,14H,6-9H2,1-2H3,(H,22,26). The molecule has 8 heteroatoms. The third-order valence-corrected chi connectivity index (χ3v) is 5.22. The van der Waals surface area contributed by atoms with Gasteiger partial charge in [0.25, 0.3) is 11.5 Å². The second-order valence-corrected chi connectivity index (χ2v) is 7.16. The summed E-state index contributed by atoms with van der Waals surface area (Å²) in [4.78, 5) is 26.5. The molecule has 150 valence electrons. The molecule has 8 nitrogen and oxygen atoms in total. The van der Waals surface area contributed by atoms with Crippen LogP contribution in [0.3, 0.4) is 0 Å². The third kappa shape index (κ3) is 3.91. The van der Waals surface area contributed by atoms with Gasteiger partial charge in [-0.15, -0.1) is 0 Å². The molecule has 2 aromatic heterocycles. The van der Waals surface area contributed by atoms with Gasteiger partial charge in [-0.1, -0.05) is 11.2 Å². The lowest BCUT2D eigenvalue weighted by molar-refractivity contribution is 0.0711. The molecule has 1 saturated heterocycles. The summed E-state index contributed by atoms with van der Waals surface area (Å²) in [5.41, 5.74) is 2.50. The van der Waals surface area contributed by atoms with E-state index in [-0.39, 0.29) is 17.4 Å². The van der Waals surface area contributed by atoms with Crippen molar-refractivity contribution in [2.75, 3.05) is 20.2 Å². The number of piperidine rings is 1. The van der Waals surface area contributed by atoms with E-state index in [4.69, 9.17) is 9.26 Å². The van der Waals surface area contributed by atoms with Crippen LogP contribution in [0.15, 0.2) is 45.7 Å². The molecule has 1 aromatic carbocycles. The van der Waals surface area contributed by atoms with Gasteiger partial charge < -0.3 is 14.2 Å². The van der Waals surface area contributed by atoms with E-state index in [2.05, 4.69) is 15.4 Å². The zero-order chi connectivity index (χ0) is 20.4. The number of aryl methyl sites for hydroxylation is 1. The fourth-order valence-electron chi connectivity index (χ4n) is 3.71. The molecular weight excluding hydrogens is 372 g/mol. The van der Waals surface area contributed by atoms with Gasteiger partial charge in [-0.2, -0.15) is 5.10 Å². The Balaban J connectivity index is 1.51. The number of rotatable bonds is 4. The Hall–Kier alpha value is -3.42. The van der Waals surface area contributed by atoms with E-state index < -0.39 is 0 Å². The highest BCUT2D eigenvalue weighted by molar-refractivity contribution is 5.94. The molecule has 3 heterocycles. The summed E-state index contributed by atoms with van der Waals surface area (Å²) >= 11 is 0. The lowest BCUT2D eigenvalue weighted by Gasteiger charge is -2.32. The van der Waals surface area contributed by atoms with Gasteiger partial charge in [0.15, 0.2) is 5.76 Å². The zero-order valence-electron chi connectivity index (χ0n) is 16.3. The summed E-state index contributed by atoms with van der Waals surface area (Å²) in [6.45, 7) is 3.04. The number of amides is 1. The summed E-state index contributed by atoms with van der Waals surface area (Å²) in [5, 5.41) is 10.7. The van der Waals surface area contributed by atoms with Crippen LogP contribution in [-0.4, -0.2) is 46.4 Å². The summed E-state index contributed by atoms with van der Waals surface area (Å²) < 4.78 is 10.6. The molecule has 1 N–H and O–H groups in total. The largest absolute Gasteiger partial charge is 0.497 e. The Labute approximate surface area is 167 Å². The van der Waals surface area contributed by atoms with E-state index in [1.54, 1.807) is 25.3 Å². The number of H-pyrrole nitrogens is 1. The van der Waals surface area contributed by atoms with Crippen molar-refractivity contribution >= 4 is 5.91 Å². The van der Waals surface area contributed by atoms with Gasteiger partial charge in [-0.25, -0.2) is 5.10 Å². The minimum atomic E-state index is -0.288. The molecule has 4 rings (SSSR count). The minimum Gasteiger partial charge on any atom is -0.497 e. The van der Waals surface area contributed by atoms with E-state index in [1.165, 1.54) is 6.07 Å². The first-order valence-electron chi connectivity index (χ1n) is 9.52. The average Bonchev–Trinajstić information content (AvgIpc) is 3.19. The first kappa shape index (κ1) is 18.9. The Morgan fingerprint density at radius 1 is 1.24 bits per heavy atom. The van der Waals surface area contributed by atoms with Gasteiger partial charge in [0.1, 0.15) is 5.75 Å². The highest BCUT2D eigenvalue weighted by Gasteiger charge is 2.28. The smallest absolute Gasteiger partial charge is 0.264 e. The molecule has 1 fully saturated rings. The highest BCUT2D eigenvalue weighted by Crippen LogP contribution is 2.33. The van der Waals surface area contributed by atoms with Crippen molar-refractivity contribution in [3.05, 3.63) is 63.7 Å². The van der Waals surface area contributed by atoms with Crippen LogP contribution in [0, 0.1) is 6.92 Å². The van der Waals surface area contributed by atoms with E-state index in [0.717, 1.165) is 24.2 Å². The lowest BCUT2D eigenvalue weighted by Crippen LogP contribution is -2.38. The number of benzene rings is 1. The molecule has 29 heavy (non-hydrogen) atoms. The van der Waals surface area contributed by atoms with Crippen LogP contribution in [0.1, 0.15) is 40.5 Å². The number of ether oxygens (including phenoxy) is 1.